The molecular weight excluding hydrogens is 339 g/mol. The molecule has 1 aromatic carbocycles. The summed E-state index contributed by atoms with van der Waals surface area (Å²) in [6.07, 6.45) is 1.08. The van der Waals surface area contributed by atoms with Gasteiger partial charge in [0, 0.05) is 6.07 Å². The highest BCUT2D eigenvalue weighted by Gasteiger charge is 2.53. The van der Waals surface area contributed by atoms with Crippen molar-refractivity contribution in [1.82, 2.24) is 9.34 Å². The summed E-state index contributed by atoms with van der Waals surface area (Å²) in [5, 5.41) is 1.31. The summed E-state index contributed by atoms with van der Waals surface area (Å²) in [5.74, 6) is 1.76. The maximum absolute atomic E-state index is 5.81. The smallest absolute Gasteiger partial charge is 0.189 e. The molecule has 0 spiro atoms. The second-order valence-electron chi connectivity index (χ2n) is 6.22. The van der Waals surface area contributed by atoms with Crippen molar-refractivity contribution in [3.05, 3.63) is 18.2 Å². The Bertz CT molecular complexity index is 542. The second kappa shape index (κ2) is 8.65. The molecule has 2 fully saturated rings. The predicted octanol–water partition coefficient (Wildman–Crippen LogP) is 1.86. The molecule has 0 saturated carbocycles. The zero-order valence-corrected chi connectivity index (χ0v) is 16.5. The molecule has 0 bridgehead atoms. The first-order valence-corrected chi connectivity index (χ1v) is 10.9. The van der Waals surface area contributed by atoms with Crippen LogP contribution in [0.3, 0.4) is 0 Å². The Labute approximate surface area is 151 Å². The van der Waals surface area contributed by atoms with Crippen LogP contribution >= 0.6 is 7.56 Å². The monoisotopic (exact) mass is 369 g/mol. The first kappa shape index (κ1) is 18.9. The fourth-order valence-corrected chi connectivity index (χ4v) is 8.48. The van der Waals surface area contributed by atoms with Crippen molar-refractivity contribution >= 4 is 12.9 Å². The van der Waals surface area contributed by atoms with Gasteiger partial charge in [0.1, 0.15) is 5.75 Å². The summed E-state index contributed by atoms with van der Waals surface area (Å²) >= 11 is 0. The van der Waals surface area contributed by atoms with Crippen LogP contribution < -0.4 is 14.8 Å². The summed E-state index contributed by atoms with van der Waals surface area (Å²) in [5.41, 5.74) is 0. The number of hydrogen-bond donors (Lipinski definition) is 0. The fraction of sp³-hybridized carbons (Fsp3) is 0.667. The highest BCUT2D eigenvalue weighted by Crippen LogP contribution is 2.65. The van der Waals surface area contributed by atoms with E-state index in [-0.39, 0.29) is 0 Å². The Hall–Kier alpha value is -0.910. The molecule has 3 rings (SSSR count). The zero-order chi connectivity index (χ0) is 17.7. The number of ether oxygens (including phenoxy) is 4. The van der Waals surface area contributed by atoms with Gasteiger partial charge in [-0.15, -0.1) is 0 Å². The number of nitrogens with zero attached hydrogens (tertiary/aromatic N) is 2. The van der Waals surface area contributed by atoms with Crippen molar-refractivity contribution < 1.29 is 18.9 Å². The molecule has 0 N–H and O–H groups in total. The normalized spacial score (nSPS) is 20.4. The average molecular weight is 369 g/mol. The lowest BCUT2D eigenvalue weighted by atomic mass is 10.3. The largest absolute Gasteiger partial charge is 0.497 e. The van der Waals surface area contributed by atoms with Gasteiger partial charge in [0.15, 0.2) is 18.6 Å². The molecule has 2 aliphatic heterocycles. The first-order valence-electron chi connectivity index (χ1n) is 9.03. The van der Waals surface area contributed by atoms with Crippen molar-refractivity contribution in [3.8, 4) is 11.5 Å². The topological polar surface area (TPSA) is 43.4 Å². The SMILES string of the molecule is CC[P+](c1ccc(OC)cc1OC)(N1CCOCC1)N1CCOCC1. The quantitative estimate of drug-likeness (QED) is 0.714. The van der Waals surface area contributed by atoms with Gasteiger partial charge < -0.3 is 18.9 Å². The van der Waals surface area contributed by atoms with Crippen molar-refractivity contribution in [3.63, 3.8) is 0 Å². The summed E-state index contributed by atoms with van der Waals surface area (Å²) < 4.78 is 27.8. The van der Waals surface area contributed by atoms with Crippen LogP contribution in [-0.4, -0.2) is 82.3 Å². The third-order valence-electron chi connectivity index (χ3n) is 5.12. The average Bonchev–Trinajstić information content (AvgIpc) is 2.71. The number of hydrogen-bond acceptors (Lipinski definition) is 6. The van der Waals surface area contributed by atoms with E-state index in [0.717, 1.165) is 70.3 Å². The molecule has 2 saturated heterocycles. The molecule has 2 aliphatic rings. The van der Waals surface area contributed by atoms with Crippen LogP contribution in [0.2, 0.25) is 0 Å². The van der Waals surface area contributed by atoms with E-state index in [0.29, 0.717) is 0 Å². The number of morpholine rings is 2. The lowest BCUT2D eigenvalue weighted by Gasteiger charge is -2.45. The van der Waals surface area contributed by atoms with E-state index < -0.39 is 7.56 Å². The second-order valence-corrected chi connectivity index (χ2v) is 9.92. The molecule has 0 aromatic heterocycles. The predicted molar refractivity (Wildman–Crippen MR) is 101 cm³/mol. The summed E-state index contributed by atoms with van der Waals surface area (Å²) in [6.45, 7) is 9.36. The molecule has 0 aliphatic carbocycles. The molecule has 0 radical (unpaired) electrons. The molecular formula is C18H30N2O4P+. The Morgan fingerprint density at radius 1 is 0.920 bits per heavy atom. The minimum atomic E-state index is -1.74. The highest BCUT2D eigenvalue weighted by atomic mass is 31.2. The molecule has 1 aromatic rings. The lowest BCUT2D eigenvalue weighted by molar-refractivity contribution is 0.0565. The molecule has 2 heterocycles. The van der Waals surface area contributed by atoms with Crippen molar-refractivity contribution in [1.29, 1.82) is 0 Å². The summed E-state index contributed by atoms with van der Waals surface area (Å²) in [6, 6.07) is 6.28. The van der Waals surface area contributed by atoms with E-state index >= 15 is 0 Å². The van der Waals surface area contributed by atoms with E-state index in [2.05, 4.69) is 28.4 Å². The van der Waals surface area contributed by atoms with Gasteiger partial charge in [-0.2, -0.15) is 9.34 Å². The van der Waals surface area contributed by atoms with Gasteiger partial charge in [-0.3, -0.25) is 0 Å². The maximum Gasteiger partial charge on any atom is 0.189 e. The van der Waals surface area contributed by atoms with Crippen LogP contribution in [0.5, 0.6) is 11.5 Å². The lowest BCUT2D eigenvalue weighted by Crippen LogP contribution is -2.50. The third kappa shape index (κ3) is 3.64. The maximum atomic E-state index is 5.81. The molecule has 6 nitrogen and oxygen atoms in total. The number of methoxy groups -OCH3 is 2. The van der Waals surface area contributed by atoms with Gasteiger partial charge in [-0.05, 0) is 19.1 Å². The van der Waals surface area contributed by atoms with Crippen molar-refractivity contribution in [2.24, 2.45) is 0 Å². The molecule has 0 amide bonds. The van der Waals surface area contributed by atoms with Crippen LogP contribution in [0, 0.1) is 0 Å². The minimum absolute atomic E-state index is 0.796. The fourth-order valence-electron chi connectivity index (χ4n) is 3.90. The van der Waals surface area contributed by atoms with Crippen LogP contribution in [0.4, 0.5) is 0 Å². The van der Waals surface area contributed by atoms with Crippen molar-refractivity contribution in [2.45, 2.75) is 6.92 Å². The third-order valence-corrected chi connectivity index (χ3v) is 9.82. The molecule has 25 heavy (non-hydrogen) atoms. The first-order chi connectivity index (χ1) is 12.3. The van der Waals surface area contributed by atoms with Crippen LogP contribution in [0.1, 0.15) is 6.92 Å². The molecule has 140 valence electrons. The van der Waals surface area contributed by atoms with Gasteiger partial charge >= 0.3 is 0 Å². The van der Waals surface area contributed by atoms with Gasteiger partial charge in [0.05, 0.1) is 73.0 Å². The molecule has 0 unspecified atom stereocenters. The van der Waals surface area contributed by atoms with Gasteiger partial charge in [0.2, 0.25) is 0 Å². The van der Waals surface area contributed by atoms with E-state index in [1.807, 2.05) is 6.07 Å². The van der Waals surface area contributed by atoms with Crippen LogP contribution in [-0.2, 0) is 9.47 Å². The van der Waals surface area contributed by atoms with Crippen LogP contribution in [0.15, 0.2) is 18.2 Å². The van der Waals surface area contributed by atoms with Crippen molar-refractivity contribution in [2.75, 3.05) is 73.0 Å². The number of rotatable bonds is 6. The summed E-state index contributed by atoms with van der Waals surface area (Å²) in [7, 11) is 1.71. The van der Waals surface area contributed by atoms with Crippen LogP contribution in [0.25, 0.3) is 0 Å². The Morgan fingerprint density at radius 2 is 1.48 bits per heavy atom. The molecule has 0 atom stereocenters. The molecule has 7 heteroatoms. The Balaban J connectivity index is 2.08. The summed E-state index contributed by atoms with van der Waals surface area (Å²) in [4.78, 5) is 0. The van der Waals surface area contributed by atoms with Gasteiger partial charge in [0.25, 0.3) is 0 Å². The van der Waals surface area contributed by atoms with E-state index in [9.17, 15) is 0 Å². The Morgan fingerprint density at radius 3 is 1.92 bits per heavy atom. The van der Waals surface area contributed by atoms with Gasteiger partial charge in [-0.25, -0.2) is 0 Å². The zero-order valence-electron chi connectivity index (χ0n) is 15.6. The number of benzene rings is 1. The highest BCUT2D eigenvalue weighted by molar-refractivity contribution is 7.78. The van der Waals surface area contributed by atoms with Gasteiger partial charge in [-0.1, -0.05) is 0 Å². The van der Waals surface area contributed by atoms with E-state index in [4.69, 9.17) is 18.9 Å². The minimum Gasteiger partial charge on any atom is -0.497 e. The van der Waals surface area contributed by atoms with E-state index in [1.54, 1.807) is 14.2 Å². The Kier molecular flexibility index (Phi) is 6.53. The standard InChI is InChI=1S/C18H30N2O4P/c1-4-25(19-7-11-23-12-8-19,20-9-13-24-14-10-20)18-6-5-16(21-2)15-17(18)22-3/h5-6,15H,4,7-14H2,1-3H3/q+1. The van der Waals surface area contributed by atoms with E-state index in [1.165, 1.54) is 5.30 Å².